The SMILES string of the molecule is C=C/C=C\C=C\[PH+](CC[PH+](c1ccccc1)c1ccccc1)/C(C=C)=C/C=C.[Au+].[Au+].[C-]#Cc1ccc2c(c1)-c1ccccc1C2.[C-]#Cc1ccc2c(c1)-c1ccccc1C2. The summed E-state index contributed by atoms with van der Waals surface area (Å²) in [6.07, 6.45) is 32.6. The maximum atomic E-state index is 7.14. The van der Waals surface area contributed by atoms with Gasteiger partial charge in [0, 0.05) is 0 Å². The molecule has 0 aliphatic heterocycles. The number of allylic oxidation sites excluding steroid dienone is 8. The third-order valence-corrected chi connectivity index (χ3v) is 16.1. The van der Waals surface area contributed by atoms with E-state index in [1.807, 2.05) is 48.6 Å². The molecule has 2 aliphatic carbocycles. The first-order valence-electron chi connectivity index (χ1n) is 19.6. The molecule has 0 N–H and O–H groups in total. The third kappa shape index (κ3) is 12.6. The van der Waals surface area contributed by atoms with Gasteiger partial charge in [0.2, 0.25) is 0 Å². The van der Waals surface area contributed by atoms with Gasteiger partial charge in [-0.1, -0.05) is 141 Å². The summed E-state index contributed by atoms with van der Waals surface area (Å²) in [6, 6.07) is 51.1. The van der Waals surface area contributed by atoms with E-state index in [1.54, 1.807) is 6.08 Å². The smallest absolute Gasteiger partial charge is 0.366 e. The van der Waals surface area contributed by atoms with Crippen LogP contribution in [0.2, 0.25) is 0 Å². The summed E-state index contributed by atoms with van der Waals surface area (Å²) < 4.78 is 0. The van der Waals surface area contributed by atoms with Crippen LogP contribution in [-0.2, 0) is 57.6 Å². The van der Waals surface area contributed by atoms with Crippen LogP contribution >= 0.6 is 15.8 Å². The fraction of sp³-hybridized carbons (Fsp3) is 0.0714. The van der Waals surface area contributed by atoms with Crippen molar-refractivity contribution < 1.29 is 44.8 Å². The van der Waals surface area contributed by atoms with Crippen LogP contribution in [0.3, 0.4) is 0 Å². The number of fused-ring (bicyclic) bond motifs is 6. The maximum Gasteiger partial charge on any atom is 1.00 e. The number of rotatable bonds is 11. The van der Waals surface area contributed by atoms with Gasteiger partial charge in [0.05, 0.1) is 37.6 Å². The van der Waals surface area contributed by atoms with E-state index in [2.05, 4.69) is 171 Å². The summed E-state index contributed by atoms with van der Waals surface area (Å²) in [5.41, 5.74) is 12.3. The van der Waals surface area contributed by atoms with Gasteiger partial charge in [-0.05, 0) is 99.8 Å². The van der Waals surface area contributed by atoms with E-state index in [4.69, 9.17) is 12.8 Å². The second-order valence-corrected chi connectivity index (χ2v) is 19.0. The zero-order valence-electron chi connectivity index (χ0n) is 33.5. The van der Waals surface area contributed by atoms with Crippen LogP contribution in [0.4, 0.5) is 0 Å². The van der Waals surface area contributed by atoms with E-state index in [9.17, 15) is 0 Å². The van der Waals surface area contributed by atoms with Crippen LogP contribution in [0.25, 0.3) is 22.3 Å². The zero-order chi connectivity index (χ0) is 40.5. The molecule has 0 radical (unpaired) electrons. The molecule has 1 unspecified atom stereocenters. The summed E-state index contributed by atoms with van der Waals surface area (Å²) in [7, 11) is -1.67. The maximum absolute atomic E-state index is 7.14. The van der Waals surface area contributed by atoms with E-state index < -0.39 is 15.8 Å². The van der Waals surface area contributed by atoms with Gasteiger partial charge in [0.1, 0.15) is 12.3 Å². The Morgan fingerprint density at radius 1 is 0.517 bits per heavy atom. The molecule has 4 heteroatoms. The molecule has 0 amide bonds. The molecule has 0 bridgehead atoms. The van der Waals surface area contributed by atoms with Gasteiger partial charge in [-0.25, -0.2) is 0 Å². The average molecular weight is 1180 g/mol. The Kier molecular flexibility index (Phi) is 20.0. The minimum absolute atomic E-state index is 0. The first kappa shape index (κ1) is 47.9. The summed E-state index contributed by atoms with van der Waals surface area (Å²) >= 11 is 0. The minimum Gasteiger partial charge on any atom is -0.366 e. The fourth-order valence-corrected chi connectivity index (χ4v) is 13.2. The van der Waals surface area contributed by atoms with Crippen molar-refractivity contribution in [2.45, 2.75) is 12.8 Å². The van der Waals surface area contributed by atoms with Crippen LogP contribution in [0.1, 0.15) is 33.4 Å². The molecule has 6 aromatic rings. The topological polar surface area (TPSA) is 0 Å². The summed E-state index contributed by atoms with van der Waals surface area (Å²) in [4.78, 5) is 0. The van der Waals surface area contributed by atoms with Gasteiger partial charge in [0.15, 0.2) is 0 Å². The molecular formula is C56H48Au2P2+2. The quantitative estimate of drug-likeness (QED) is 0.0398. The van der Waals surface area contributed by atoms with Crippen molar-refractivity contribution in [2.75, 3.05) is 12.3 Å². The Hall–Kier alpha value is -4.78. The molecule has 0 saturated heterocycles. The third-order valence-electron chi connectivity index (χ3n) is 10.3. The Labute approximate surface area is 392 Å². The Bertz CT molecular complexity index is 2400. The van der Waals surface area contributed by atoms with Crippen LogP contribution in [0.15, 0.2) is 219 Å². The largest absolute Gasteiger partial charge is 1.00 e. The molecule has 0 saturated carbocycles. The van der Waals surface area contributed by atoms with E-state index in [0.29, 0.717) is 0 Å². The molecule has 0 nitrogen and oxygen atoms in total. The molecule has 60 heavy (non-hydrogen) atoms. The first-order valence-corrected chi connectivity index (χ1v) is 23.1. The molecule has 1 atom stereocenters. The van der Waals surface area contributed by atoms with Gasteiger partial charge in [-0.2, -0.15) is 0 Å². The molecule has 8 rings (SSSR count). The Morgan fingerprint density at radius 3 is 1.43 bits per heavy atom. The predicted molar refractivity (Wildman–Crippen MR) is 257 cm³/mol. The Balaban J connectivity index is 0.000000209. The normalized spacial score (nSPS) is 11.9. The van der Waals surface area contributed by atoms with E-state index in [0.717, 1.165) is 24.0 Å². The van der Waals surface area contributed by atoms with Gasteiger partial charge in [-0.15, -0.1) is 35.4 Å². The molecule has 0 aromatic heterocycles. The van der Waals surface area contributed by atoms with Crippen LogP contribution in [0, 0.1) is 24.7 Å². The van der Waals surface area contributed by atoms with Gasteiger partial charge in [-0.3, -0.25) is 11.8 Å². The van der Waals surface area contributed by atoms with Crippen LogP contribution < -0.4 is 10.6 Å². The van der Waals surface area contributed by atoms with Crippen LogP contribution in [0.5, 0.6) is 0 Å². The van der Waals surface area contributed by atoms with Crippen molar-refractivity contribution in [3.8, 4) is 34.1 Å². The molecule has 6 aromatic carbocycles. The second kappa shape index (κ2) is 25.1. The molecular weight excluding hydrogens is 1130 g/mol. The number of benzene rings is 6. The van der Waals surface area contributed by atoms with Crippen molar-refractivity contribution in [1.82, 2.24) is 0 Å². The van der Waals surface area contributed by atoms with E-state index in [-0.39, 0.29) is 44.8 Å². The summed E-state index contributed by atoms with van der Waals surface area (Å²) in [5, 5.41) is 4.26. The van der Waals surface area contributed by atoms with Crippen molar-refractivity contribution in [3.63, 3.8) is 0 Å². The monoisotopic (exact) mass is 1180 g/mol. The van der Waals surface area contributed by atoms with Gasteiger partial charge < -0.3 is 12.8 Å². The summed E-state index contributed by atoms with van der Waals surface area (Å²) in [6.45, 7) is 11.7. The first-order chi connectivity index (χ1) is 28.6. The second-order valence-electron chi connectivity index (χ2n) is 13.9. The minimum atomic E-state index is -0.855. The van der Waals surface area contributed by atoms with Gasteiger partial charge in [0.25, 0.3) is 0 Å². The van der Waals surface area contributed by atoms with E-state index >= 15 is 0 Å². The molecule has 0 heterocycles. The van der Waals surface area contributed by atoms with Gasteiger partial charge >= 0.3 is 44.8 Å². The van der Waals surface area contributed by atoms with Crippen molar-refractivity contribution in [2.24, 2.45) is 0 Å². The fourth-order valence-electron chi connectivity index (χ4n) is 7.47. The Morgan fingerprint density at radius 2 is 0.983 bits per heavy atom. The zero-order valence-corrected chi connectivity index (χ0v) is 39.9. The number of hydrogen-bond acceptors (Lipinski definition) is 0. The predicted octanol–water partition coefficient (Wildman–Crippen LogP) is 13.0. The van der Waals surface area contributed by atoms with Crippen molar-refractivity contribution in [1.29, 1.82) is 0 Å². The number of hydrogen-bond donors (Lipinski definition) is 0. The average Bonchev–Trinajstić information content (AvgIpc) is 3.85. The molecule has 0 spiro atoms. The molecule has 2 aliphatic rings. The van der Waals surface area contributed by atoms with E-state index in [1.165, 1.54) is 72.8 Å². The standard InChI is InChI=1S/C26H28P2.2C15H9.2Au/c1-4-7-8-15-21-27(24(6-3)16-5-2)22-23-28(25-17-11-9-12-18-25)26-19-13-10-14-20-26;2*1-2-11-7-8-13-10-12-5-3-4-6-14(12)15(13)9-11;;/h4-21H,1-3,22-23H2;2*3-9H,10H2;;/q;2*-1;2*+1/p+2/b8-7-,21-15+,24-16+;;;;. The summed E-state index contributed by atoms with van der Waals surface area (Å²) in [5.74, 6) is 7.23. The van der Waals surface area contributed by atoms with Crippen molar-refractivity contribution in [3.05, 3.63) is 265 Å². The van der Waals surface area contributed by atoms with Crippen LogP contribution in [-0.4, -0.2) is 12.3 Å². The molecule has 0 fully saturated rings. The van der Waals surface area contributed by atoms with Crippen molar-refractivity contribution >= 4 is 26.5 Å². The molecule has 302 valence electrons.